The minimum absolute atomic E-state index is 0.132. The third-order valence-corrected chi connectivity index (χ3v) is 8.21. The van der Waals surface area contributed by atoms with Crippen molar-refractivity contribution in [1.82, 2.24) is 9.88 Å². The Balaban J connectivity index is 1.19. The first-order valence-electron chi connectivity index (χ1n) is 12.3. The Labute approximate surface area is 199 Å². The van der Waals surface area contributed by atoms with Crippen LogP contribution >= 0.6 is 11.3 Å². The molecule has 1 saturated carbocycles. The number of hydrogen-bond donors (Lipinski definition) is 0. The number of halogens is 2. The first-order valence-corrected chi connectivity index (χ1v) is 13.1. The summed E-state index contributed by atoms with van der Waals surface area (Å²) in [6.45, 7) is 5.90. The number of rotatable bonds is 9. The predicted molar refractivity (Wildman–Crippen MR) is 128 cm³/mol. The molecule has 1 aliphatic heterocycles. The number of carbonyl (C=O) groups is 1. The van der Waals surface area contributed by atoms with E-state index in [1.54, 1.807) is 29.5 Å². The number of hydrogen-bond acceptors (Lipinski definition) is 5. The Morgan fingerprint density at radius 1 is 1.15 bits per heavy atom. The molecule has 0 atom stereocenters. The highest BCUT2D eigenvalue weighted by Gasteiger charge is 2.26. The highest BCUT2D eigenvalue weighted by molar-refractivity contribution is 7.13. The van der Waals surface area contributed by atoms with E-state index in [9.17, 15) is 13.6 Å². The first-order chi connectivity index (χ1) is 16.0. The molecule has 1 aromatic carbocycles. The highest BCUT2D eigenvalue weighted by atomic mass is 32.1. The number of carbonyl (C=O) groups excluding carboxylic acids is 1. The fourth-order valence-electron chi connectivity index (χ4n) is 5.20. The third kappa shape index (κ3) is 6.38. The van der Waals surface area contributed by atoms with Crippen molar-refractivity contribution in [3.8, 4) is 5.19 Å². The Morgan fingerprint density at radius 2 is 1.88 bits per heavy atom. The summed E-state index contributed by atoms with van der Waals surface area (Å²) >= 11 is 1.70. The van der Waals surface area contributed by atoms with Crippen LogP contribution in [-0.2, 0) is 12.8 Å². The lowest BCUT2D eigenvalue weighted by atomic mass is 9.78. The smallest absolute Gasteiger partial charge is 0.273 e. The topological polar surface area (TPSA) is 42.4 Å². The highest BCUT2D eigenvalue weighted by Crippen LogP contribution is 2.35. The number of nitrogens with zero attached hydrogens (tertiary/aromatic N) is 2. The summed E-state index contributed by atoms with van der Waals surface area (Å²) < 4.78 is 32.0. The van der Waals surface area contributed by atoms with E-state index in [-0.39, 0.29) is 16.9 Å². The van der Waals surface area contributed by atoms with Crippen molar-refractivity contribution in [3.63, 3.8) is 0 Å². The number of aromatic nitrogens is 1. The van der Waals surface area contributed by atoms with E-state index < -0.39 is 6.43 Å². The molecule has 4 nitrogen and oxygen atoms in total. The lowest BCUT2D eigenvalue weighted by Gasteiger charge is -2.30. The maximum absolute atomic E-state index is 13.2. The summed E-state index contributed by atoms with van der Waals surface area (Å²) in [6.07, 6.45) is 5.34. The molecule has 0 N–H and O–H groups in total. The molecule has 33 heavy (non-hydrogen) atoms. The summed E-state index contributed by atoms with van der Waals surface area (Å²) in [5.41, 5.74) is 1.28. The maximum atomic E-state index is 13.2. The van der Waals surface area contributed by atoms with Gasteiger partial charge in [-0.15, -0.1) is 0 Å². The molecule has 0 spiro atoms. The molecule has 2 heterocycles. The van der Waals surface area contributed by atoms with E-state index in [2.05, 4.69) is 9.88 Å². The normalized spacial score (nSPS) is 21.6. The lowest BCUT2D eigenvalue weighted by molar-refractivity contribution is 0.0927. The molecule has 0 amide bonds. The molecule has 2 aliphatic rings. The number of Topliss-reactive ketones (excluding diaryl/α,β-unsaturated/α-hetero) is 1. The van der Waals surface area contributed by atoms with Crippen LogP contribution in [-0.4, -0.2) is 41.9 Å². The number of thiazole rings is 1. The zero-order valence-electron chi connectivity index (χ0n) is 19.4. The van der Waals surface area contributed by atoms with Crippen LogP contribution in [0.4, 0.5) is 8.78 Å². The summed E-state index contributed by atoms with van der Waals surface area (Å²) in [4.78, 5) is 21.3. The summed E-state index contributed by atoms with van der Waals surface area (Å²) in [5.74, 6) is 0.886. The molecule has 2 aromatic rings. The molecule has 0 radical (unpaired) electrons. The van der Waals surface area contributed by atoms with E-state index in [0.29, 0.717) is 24.9 Å². The number of alkyl halides is 2. The Kier molecular flexibility index (Phi) is 8.47. The number of ketones is 1. The van der Waals surface area contributed by atoms with E-state index >= 15 is 0 Å². The molecular formula is C26H34F2N2O2S. The average molecular weight is 477 g/mol. The second-order valence-corrected chi connectivity index (χ2v) is 10.4. The Morgan fingerprint density at radius 3 is 2.64 bits per heavy atom. The lowest BCUT2D eigenvalue weighted by Crippen LogP contribution is -2.29. The molecule has 0 unspecified atom stereocenters. The zero-order valence-corrected chi connectivity index (χ0v) is 20.2. The van der Waals surface area contributed by atoms with Crippen LogP contribution in [0.3, 0.4) is 0 Å². The van der Waals surface area contributed by atoms with Crippen molar-refractivity contribution >= 4 is 17.1 Å². The summed E-state index contributed by atoms with van der Waals surface area (Å²) in [5, 5.41) is 0.809. The summed E-state index contributed by atoms with van der Waals surface area (Å²) in [7, 11) is 0. The van der Waals surface area contributed by atoms with Crippen LogP contribution in [0.1, 0.15) is 78.4 Å². The van der Waals surface area contributed by atoms with Crippen LogP contribution in [0.25, 0.3) is 0 Å². The number of fused-ring (bicyclic) bond motifs is 1. The van der Waals surface area contributed by atoms with Crippen molar-refractivity contribution in [2.75, 3.05) is 26.2 Å². The molecular weight excluding hydrogens is 442 g/mol. The van der Waals surface area contributed by atoms with Crippen LogP contribution in [0, 0.1) is 11.8 Å². The largest absolute Gasteiger partial charge is 0.470 e. The Bertz CT molecular complexity index is 899. The van der Waals surface area contributed by atoms with Crippen molar-refractivity contribution in [1.29, 1.82) is 0 Å². The van der Waals surface area contributed by atoms with Gasteiger partial charge in [-0.25, -0.2) is 13.8 Å². The van der Waals surface area contributed by atoms with E-state index in [1.165, 1.54) is 23.1 Å². The minimum Gasteiger partial charge on any atom is -0.470 e. The quantitative estimate of drug-likeness (QED) is 0.396. The molecule has 0 bridgehead atoms. The second-order valence-electron chi connectivity index (χ2n) is 9.31. The molecule has 7 heteroatoms. The maximum Gasteiger partial charge on any atom is 0.273 e. The van der Waals surface area contributed by atoms with Gasteiger partial charge in [0.05, 0.1) is 12.3 Å². The van der Waals surface area contributed by atoms with Gasteiger partial charge in [0, 0.05) is 41.9 Å². The first kappa shape index (κ1) is 24.3. The van der Waals surface area contributed by atoms with Crippen molar-refractivity contribution in [2.45, 2.75) is 64.7 Å². The van der Waals surface area contributed by atoms with Gasteiger partial charge in [-0.3, -0.25) is 4.79 Å². The fourth-order valence-corrected chi connectivity index (χ4v) is 6.20. The van der Waals surface area contributed by atoms with E-state index in [0.717, 1.165) is 63.4 Å². The van der Waals surface area contributed by atoms with Crippen molar-refractivity contribution < 1.29 is 18.3 Å². The van der Waals surface area contributed by atoms with Gasteiger partial charge in [0.2, 0.25) is 0 Å². The van der Waals surface area contributed by atoms with E-state index in [4.69, 9.17) is 4.74 Å². The van der Waals surface area contributed by atoms with Gasteiger partial charge in [0.1, 0.15) is 0 Å². The molecule has 1 aromatic heterocycles. The SMILES string of the molecule is CCOc1nc2c(s1)CCN(CCC1CCC(CC(=O)c3ccccc3C(F)F)CC1)CC2. The van der Waals surface area contributed by atoms with Crippen LogP contribution in [0.15, 0.2) is 24.3 Å². The van der Waals surface area contributed by atoms with Gasteiger partial charge in [-0.05, 0) is 51.0 Å². The van der Waals surface area contributed by atoms with Gasteiger partial charge >= 0.3 is 0 Å². The van der Waals surface area contributed by atoms with Gasteiger partial charge in [0.25, 0.3) is 11.6 Å². The molecule has 1 aliphatic carbocycles. The minimum atomic E-state index is -2.60. The average Bonchev–Trinajstić information content (AvgIpc) is 3.11. The molecule has 180 valence electrons. The third-order valence-electron chi connectivity index (χ3n) is 7.14. The summed E-state index contributed by atoms with van der Waals surface area (Å²) in [6, 6.07) is 6.15. The van der Waals surface area contributed by atoms with Gasteiger partial charge in [0.15, 0.2) is 5.78 Å². The van der Waals surface area contributed by atoms with Crippen molar-refractivity contribution in [2.24, 2.45) is 11.8 Å². The second kappa shape index (κ2) is 11.5. The standard InChI is InChI=1S/C26H34F2N2O2S/c1-2-32-26-29-22-12-15-30(16-13-24(22)33-26)14-11-18-7-9-19(10-8-18)17-23(31)20-5-3-4-6-21(20)25(27)28/h3-6,18-19,25H,2,7-17H2,1H3. The van der Waals surface area contributed by atoms with Gasteiger partial charge < -0.3 is 9.64 Å². The number of ether oxygens (including phenoxy) is 1. The fraction of sp³-hybridized carbons (Fsp3) is 0.615. The number of benzene rings is 1. The van der Waals surface area contributed by atoms with Gasteiger partial charge in [-0.2, -0.15) is 0 Å². The molecule has 0 saturated heterocycles. The van der Waals surface area contributed by atoms with Crippen molar-refractivity contribution in [3.05, 3.63) is 46.0 Å². The van der Waals surface area contributed by atoms with Crippen LogP contribution in [0.5, 0.6) is 5.19 Å². The zero-order chi connectivity index (χ0) is 23.2. The van der Waals surface area contributed by atoms with Crippen LogP contribution < -0.4 is 4.74 Å². The monoisotopic (exact) mass is 476 g/mol. The molecule has 4 rings (SSSR count). The predicted octanol–water partition coefficient (Wildman–Crippen LogP) is 6.35. The molecule has 1 fully saturated rings. The Hall–Kier alpha value is -1.86. The van der Waals surface area contributed by atoms with Crippen LogP contribution in [0.2, 0.25) is 0 Å². The van der Waals surface area contributed by atoms with E-state index in [1.807, 2.05) is 6.92 Å². The van der Waals surface area contributed by atoms with Gasteiger partial charge in [-0.1, -0.05) is 48.4 Å².